The van der Waals surface area contributed by atoms with Crippen LogP contribution in [0.4, 0.5) is 13.2 Å². The first kappa shape index (κ1) is 20.6. The van der Waals surface area contributed by atoms with Gasteiger partial charge in [0.1, 0.15) is 5.82 Å². The van der Waals surface area contributed by atoms with Gasteiger partial charge in [-0.2, -0.15) is 13.2 Å². The van der Waals surface area contributed by atoms with E-state index in [4.69, 9.17) is 0 Å². The molecule has 154 valence electrons. The average molecular weight is 406 g/mol. The van der Waals surface area contributed by atoms with Crippen molar-refractivity contribution in [2.45, 2.75) is 46.6 Å². The van der Waals surface area contributed by atoms with Crippen molar-refractivity contribution in [3.05, 3.63) is 62.1 Å². The third-order valence-corrected chi connectivity index (χ3v) is 4.73. The largest absolute Gasteiger partial charge is 0.416 e. The van der Waals surface area contributed by atoms with Gasteiger partial charge in [0.15, 0.2) is 11.2 Å². The first-order valence-electron chi connectivity index (χ1n) is 9.32. The minimum Gasteiger partial charge on any atom is -0.319 e. The number of benzene rings is 1. The predicted octanol–water partition coefficient (Wildman–Crippen LogP) is 3.61. The summed E-state index contributed by atoms with van der Waals surface area (Å²) in [6.45, 7) is 6.33. The van der Waals surface area contributed by atoms with Gasteiger partial charge >= 0.3 is 11.9 Å². The molecule has 0 saturated heterocycles. The Hall–Kier alpha value is -3.10. The highest BCUT2D eigenvalue weighted by Gasteiger charge is 2.30. The van der Waals surface area contributed by atoms with E-state index in [0.717, 1.165) is 16.7 Å². The molecule has 0 bridgehead atoms. The summed E-state index contributed by atoms with van der Waals surface area (Å²) < 4.78 is 43.0. The number of fused-ring (bicyclic) bond motifs is 1. The topological polar surface area (TPSA) is 61.8 Å². The summed E-state index contributed by atoms with van der Waals surface area (Å²) in [4.78, 5) is 29.8. The van der Waals surface area contributed by atoms with Gasteiger partial charge in [-0.3, -0.25) is 13.9 Å². The Morgan fingerprint density at radius 2 is 1.62 bits per heavy atom. The van der Waals surface area contributed by atoms with Crippen LogP contribution >= 0.6 is 0 Å². The Labute approximate surface area is 164 Å². The fourth-order valence-electron chi connectivity index (χ4n) is 3.31. The van der Waals surface area contributed by atoms with Crippen molar-refractivity contribution < 1.29 is 13.2 Å². The summed E-state index contributed by atoms with van der Waals surface area (Å²) >= 11 is 0. The lowest BCUT2D eigenvalue weighted by molar-refractivity contribution is -0.137. The molecular weight excluding hydrogens is 385 g/mol. The van der Waals surface area contributed by atoms with E-state index >= 15 is 0 Å². The van der Waals surface area contributed by atoms with Crippen LogP contribution in [0.3, 0.4) is 0 Å². The molecule has 0 fully saturated rings. The van der Waals surface area contributed by atoms with Crippen molar-refractivity contribution in [2.75, 3.05) is 0 Å². The highest BCUT2D eigenvalue weighted by molar-refractivity contribution is 5.76. The maximum Gasteiger partial charge on any atom is 0.416 e. The summed E-state index contributed by atoms with van der Waals surface area (Å²) in [5.41, 5.74) is -0.660. The second-order valence-electron chi connectivity index (χ2n) is 6.42. The summed E-state index contributed by atoms with van der Waals surface area (Å²) in [6, 6.07) is 4.93. The van der Waals surface area contributed by atoms with E-state index < -0.39 is 23.0 Å². The quantitative estimate of drug-likeness (QED) is 0.650. The van der Waals surface area contributed by atoms with E-state index in [-0.39, 0.29) is 12.2 Å². The zero-order chi connectivity index (χ0) is 21.3. The average Bonchev–Trinajstić information content (AvgIpc) is 3.05. The zero-order valence-electron chi connectivity index (χ0n) is 16.3. The molecule has 29 heavy (non-hydrogen) atoms. The number of alkyl halides is 3. The molecule has 6 nitrogen and oxygen atoms in total. The third kappa shape index (κ3) is 3.64. The Balaban J connectivity index is 2.19. The van der Waals surface area contributed by atoms with Crippen molar-refractivity contribution >= 4 is 23.3 Å². The number of aryl methyl sites for hydroxylation is 2. The molecule has 3 rings (SSSR count). The number of hydrogen-bond donors (Lipinski definition) is 0. The van der Waals surface area contributed by atoms with Crippen molar-refractivity contribution in [3.63, 3.8) is 0 Å². The molecule has 0 aliphatic heterocycles. The van der Waals surface area contributed by atoms with Gasteiger partial charge in [0.25, 0.3) is 5.56 Å². The molecule has 0 aliphatic carbocycles. The highest BCUT2D eigenvalue weighted by atomic mass is 19.4. The van der Waals surface area contributed by atoms with Gasteiger partial charge in [-0.15, -0.1) is 0 Å². The third-order valence-electron chi connectivity index (χ3n) is 4.73. The first-order valence-corrected chi connectivity index (χ1v) is 9.32. The molecule has 3 aromatic rings. The lowest BCUT2D eigenvalue weighted by atomic mass is 10.1. The summed E-state index contributed by atoms with van der Waals surface area (Å²) in [7, 11) is 0. The molecule has 0 radical (unpaired) electrons. The Kier molecular flexibility index (Phi) is 5.50. The highest BCUT2D eigenvalue weighted by Crippen LogP contribution is 2.30. The Morgan fingerprint density at radius 1 is 0.966 bits per heavy atom. The van der Waals surface area contributed by atoms with Crippen LogP contribution in [0.15, 0.2) is 33.9 Å². The maximum absolute atomic E-state index is 12.9. The van der Waals surface area contributed by atoms with Crippen LogP contribution in [0, 0.1) is 0 Å². The summed E-state index contributed by atoms with van der Waals surface area (Å²) in [5, 5.41) is 0. The minimum atomic E-state index is -4.43. The number of halogens is 3. The number of nitrogens with zero attached hydrogens (tertiary/aromatic N) is 4. The molecule has 0 saturated carbocycles. The van der Waals surface area contributed by atoms with E-state index in [1.54, 1.807) is 30.6 Å². The molecule has 0 atom stereocenters. The van der Waals surface area contributed by atoms with E-state index in [0.29, 0.717) is 30.0 Å². The molecule has 2 heterocycles. The van der Waals surface area contributed by atoms with Gasteiger partial charge in [0.05, 0.1) is 5.56 Å². The van der Waals surface area contributed by atoms with Crippen LogP contribution in [0.2, 0.25) is 0 Å². The molecule has 2 aromatic heterocycles. The molecular formula is C20H21F3N4O2. The van der Waals surface area contributed by atoms with Gasteiger partial charge in [-0.1, -0.05) is 18.2 Å². The molecule has 0 unspecified atom stereocenters. The predicted molar refractivity (Wildman–Crippen MR) is 106 cm³/mol. The first-order chi connectivity index (χ1) is 13.7. The van der Waals surface area contributed by atoms with Crippen molar-refractivity contribution in [1.82, 2.24) is 18.7 Å². The maximum atomic E-state index is 12.9. The van der Waals surface area contributed by atoms with Crippen LogP contribution in [-0.4, -0.2) is 18.7 Å². The van der Waals surface area contributed by atoms with Crippen LogP contribution in [-0.2, 0) is 25.8 Å². The summed E-state index contributed by atoms with van der Waals surface area (Å²) in [5.74, 6) is 0.396. The van der Waals surface area contributed by atoms with Gasteiger partial charge in [0, 0.05) is 19.6 Å². The van der Waals surface area contributed by atoms with E-state index in [1.807, 2.05) is 6.92 Å². The van der Waals surface area contributed by atoms with E-state index in [2.05, 4.69) is 4.98 Å². The van der Waals surface area contributed by atoms with Crippen LogP contribution in [0.5, 0.6) is 0 Å². The number of aromatic nitrogens is 4. The van der Waals surface area contributed by atoms with E-state index in [9.17, 15) is 22.8 Å². The number of hydrogen-bond acceptors (Lipinski definition) is 3. The van der Waals surface area contributed by atoms with Gasteiger partial charge in [0.2, 0.25) is 0 Å². The molecule has 0 spiro atoms. The molecule has 1 aromatic carbocycles. The normalized spacial score (nSPS) is 12.3. The van der Waals surface area contributed by atoms with Crippen LogP contribution < -0.4 is 11.2 Å². The fourth-order valence-corrected chi connectivity index (χ4v) is 3.31. The van der Waals surface area contributed by atoms with Crippen LogP contribution in [0.1, 0.15) is 37.7 Å². The smallest absolute Gasteiger partial charge is 0.319 e. The molecule has 9 heteroatoms. The second-order valence-corrected chi connectivity index (χ2v) is 6.42. The molecule has 0 N–H and O–H groups in total. The molecule has 0 aliphatic rings. The Morgan fingerprint density at radius 3 is 2.21 bits per heavy atom. The van der Waals surface area contributed by atoms with Gasteiger partial charge < -0.3 is 4.57 Å². The van der Waals surface area contributed by atoms with Crippen LogP contribution in [0.25, 0.3) is 23.3 Å². The van der Waals surface area contributed by atoms with Crippen molar-refractivity contribution in [2.24, 2.45) is 0 Å². The lowest BCUT2D eigenvalue weighted by Crippen LogP contribution is -2.40. The molecule has 0 amide bonds. The standard InChI is InChI=1S/C20H21F3N4O2/c1-4-25-15(11-10-13-8-7-9-14(12-13)20(21,22)23)24-17-16(25)18(28)27(6-3)19(29)26(17)5-2/h7-12H,4-6H2,1-3H3/b11-10+. The lowest BCUT2D eigenvalue weighted by Gasteiger charge is -2.09. The Bertz CT molecular complexity index is 1200. The van der Waals surface area contributed by atoms with Crippen molar-refractivity contribution in [3.8, 4) is 0 Å². The fraction of sp³-hybridized carbons (Fsp3) is 0.350. The second kappa shape index (κ2) is 7.73. The van der Waals surface area contributed by atoms with E-state index in [1.165, 1.54) is 16.7 Å². The van der Waals surface area contributed by atoms with Gasteiger partial charge in [-0.25, -0.2) is 9.78 Å². The number of imidazole rings is 1. The van der Waals surface area contributed by atoms with Crippen molar-refractivity contribution in [1.29, 1.82) is 0 Å². The monoisotopic (exact) mass is 406 g/mol. The minimum absolute atomic E-state index is 0.234. The SMILES string of the molecule is CCn1c(=O)c2c(nc(/C=C/c3cccc(C(F)(F)F)c3)n2CC)n(CC)c1=O. The zero-order valence-corrected chi connectivity index (χ0v) is 16.3. The number of rotatable bonds is 5. The summed E-state index contributed by atoms with van der Waals surface area (Å²) in [6.07, 6.45) is -1.36. The van der Waals surface area contributed by atoms with Gasteiger partial charge in [-0.05, 0) is 44.5 Å².